The second kappa shape index (κ2) is 7.20. The predicted molar refractivity (Wildman–Crippen MR) is 90.1 cm³/mol. The molecule has 3 rings (SSSR count). The second-order valence-electron chi connectivity index (χ2n) is 5.60. The summed E-state index contributed by atoms with van der Waals surface area (Å²) < 4.78 is 5.58. The Bertz CT molecular complexity index is 680. The first-order chi connectivity index (χ1) is 11.1. The first-order valence-corrected chi connectivity index (χ1v) is 8.18. The molecule has 23 heavy (non-hydrogen) atoms. The minimum Gasteiger partial charge on any atom is -0.477 e. The van der Waals surface area contributed by atoms with Crippen LogP contribution in [0.1, 0.15) is 28.8 Å². The van der Waals surface area contributed by atoms with Gasteiger partial charge in [-0.25, -0.2) is 4.98 Å². The van der Waals surface area contributed by atoms with E-state index in [-0.39, 0.29) is 5.91 Å². The molecule has 0 unspecified atom stereocenters. The third kappa shape index (κ3) is 4.85. The van der Waals surface area contributed by atoms with Gasteiger partial charge in [-0.1, -0.05) is 29.3 Å². The number of nitrogens with one attached hydrogen (secondary N) is 1. The van der Waals surface area contributed by atoms with Gasteiger partial charge in [0.1, 0.15) is 0 Å². The lowest BCUT2D eigenvalue weighted by Gasteiger charge is -2.08. The highest BCUT2D eigenvalue weighted by Crippen LogP contribution is 2.29. The van der Waals surface area contributed by atoms with E-state index in [1.54, 1.807) is 24.4 Å². The first-order valence-electron chi connectivity index (χ1n) is 7.42. The van der Waals surface area contributed by atoms with Gasteiger partial charge in [-0.15, -0.1) is 0 Å². The number of rotatable bonds is 6. The summed E-state index contributed by atoms with van der Waals surface area (Å²) in [5.41, 5.74) is 1.32. The Morgan fingerprint density at radius 1 is 1.22 bits per heavy atom. The third-order valence-electron chi connectivity index (χ3n) is 3.54. The Kier molecular flexibility index (Phi) is 5.03. The van der Waals surface area contributed by atoms with Crippen molar-refractivity contribution in [2.45, 2.75) is 19.4 Å². The van der Waals surface area contributed by atoms with E-state index < -0.39 is 0 Å². The maximum atomic E-state index is 12.1. The average Bonchev–Trinajstić information content (AvgIpc) is 3.35. The largest absolute Gasteiger partial charge is 0.477 e. The number of hydrogen-bond acceptors (Lipinski definition) is 3. The fourth-order valence-corrected chi connectivity index (χ4v) is 2.58. The van der Waals surface area contributed by atoms with E-state index in [1.807, 2.05) is 12.1 Å². The van der Waals surface area contributed by atoms with Gasteiger partial charge in [-0.2, -0.15) is 0 Å². The molecule has 1 N–H and O–H groups in total. The number of carbonyl (C=O) groups is 1. The number of halogens is 2. The lowest BCUT2D eigenvalue weighted by Crippen LogP contribution is -2.22. The van der Waals surface area contributed by atoms with Crippen LogP contribution in [0.2, 0.25) is 10.0 Å². The molecule has 1 amide bonds. The lowest BCUT2D eigenvalue weighted by atomic mass is 10.2. The van der Waals surface area contributed by atoms with Gasteiger partial charge in [0.05, 0.1) is 6.61 Å². The topological polar surface area (TPSA) is 51.2 Å². The van der Waals surface area contributed by atoms with E-state index >= 15 is 0 Å². The van der Waals surface area contributed by atoms with Crippen LogP contribution in [0.4, 0.5) is 0 Å². The monoisotopic (exact) mass is 350 g/mol. The van der Waals surface area contributed by atoms with Crippen LogP contribution in [-0.4, -0.2) is 17.5 Å². The molecule has 0 aliphatic heterocycles. The maximum Gasteiger partial charge on any atom is 0.251 e. The Morgan fingerprint density at radius 2 is 1.96 bits per heavy atom. The maximum absolute atomic E-state index is 12.1. The van der Waals surface area contributed by atoms with Crippen LogP contribution in [0, 0.1) is 5.92 Å². The molecule has 0 spiro atoms. The highest BCUT2D eigenvalue weighted by molar-refractivity contribution is 6.35. The Morgan fingerprint density at radius 3 is 2.57 bits per heavy atom. The Balaban J connectivity index is 1.53. The molecule has 1 saturated carbocycles. The van der Waals surface area contributed by atoms with Gasteiger partial charge < -0.3 is 10.1 Å². The Hall–Kier alpha value is -1.78. The number of ether oxygens (including phenoxy) is 1. The summed E-state index contributed by atoms with van der Waals surface area (Å²) in [5.74, 6) is 1.08. The number of pyridine rings is 1. The van der Waals surface area contributed by atoms with Crippen LogP contribution in [0.25, 0.3) is 0 Å². The molecule has 1 fully saturated rings. The minimum atomic E-state index is -0.233. The van der Waals surface area contributed by atoms with Crippen LogP contribution in [0.15, 0.2) is 36.5 Å². The van der Waals surface area contributed by atoms with Crippen LogP contribution >= 0.6 is 23.2 Å². The zero-order valence-corrected chi connectivity index (χ0v) is 13.9. The van der Waals surface area contributed by atoms with Gasteiger partial charge in [-0.3, -0.25) is 4.79 Å². The summed E-state index contributed by atoms with van der Waals surface area (Å²) in [6, 6.07) is 8.45. The number of nitrogens with zero attached hydrogens (tertiary/aromatic N) is 1. The zero-order valence-electron chi connectivity index (χ0n) is 12.4. The van der Waals surface area contributed by atoms with E-state index in [1.165, 1.54) is 12.8 Å². The van der Waals surface area contributed by atoms with Gasteiger partial charge in [0.2, 0.25) is 5.88 Å². The average molecular weight is 351 g/mol. The fraction of sp³-hybridized carbons (Fsp3) is 0.294. The molecule has 0 saturated heterocycles. The molecule has 1 aromatic heterocycles. The van der Waals surface area contributed by atoms with Crippen LogP contribution in [0.5, 0.6) is 5.88 Å². The molecule has 4 nitrogen and oxygen atoms in total. The van der Waals surface area contributed by atoms with Gasteiger partial charge in [-0.05, 0) is 42.5 Å². The Labute approximate surface area is 144 Å². The number of amides is 1. The number of hydrogen-bond donors (Lipinski definition) is 1. The summed E-state index contributed by atoms with van der Waals surface area (Å²) in [6.07, 6.45) is 4.20. The molecule has 0 bridgehead atoms. The molecule has 0 radical (unpaired) electrons. The quantitative estimate of drug-likeness (QED) is 0.852. The van der Waals surface area contributed by atoms with Gasteiger partial charge in [0.15, 0.2) is 0 Å². The highest BCUT2D eigenvalue weighted by atomic mass is 35.5. The fourth-order valence-electron chi connectivity index (χ4n) is 2.06. The number of aromatic nitrogens is 1. The molecule has 1 aromatic carbocycles. The van der Waals surface area contributed by atoms with E-state index in [0.717, 1.165) is 12.2 Å². The summed E-state index contributed by atoms with van der Waals surface area (Å²) >= 11 is 11.8. The van der Waals surface area contributed by atoms with Crippen molar-refractivity contribution in [3.8, 4) is 5.88 Å². The highest BCUT2D eigenvalue weighted by Gasteiger charge is 2.22. The third-order valence-corrected chi connectivity index (χ3v) is 3.98. The van der Waals surface area contributed by atoms with Gasteiger partial charge in [0.25, 0.3) is 5.91 Å². The molecule has 1 aliphatic rings. The summed E-state index contributed by atoms with van der Waals surface area (Å²) in [7, 11) is 0. The van der Waals surface area contributed by atoms with E-state index in [0.29, 0.717) is 34.0 Å². The van der Waals surface area contributed by atoms with Crippen molar-refractivity contribution in [3.05, 3.63) is 57.7 Å². The van der Waals surface area contributed by atoms with Crippen molar-refractivity contribution >= 4 is 29.1 Å². The smallest absolute Gasteiger partial charge is 0.251 e. The van der Waals surface area contributed by atoms with Crippen LogP contribution in [0.3, 0.4) is 0 Å². The van der Waals surface area contributed by atoms with Crippen molar-refractivity contribution in [2.24, 2.45) is 5.92 Å². The molecule has 0 atom stereocenters. The zero-order chi connectivity index (χ0) is 16.2. The van der Waals surface area contributed by atoms with Crippen molar-refractivity contribution in [1.29, 1.82) is 0 Å². The standard InChI is InChI=1S/C17H16Cl2N2O2/c18-14-5-13(6-15(19)7-14)17(22)21-9-12-3-4-16(20-8-12)23-10-11-1-2-11/h3-8,11H,1-2,9-10H2,(H,21,22). The van der Waals surface area contributed by atoms with Crippen molar-refractivity contribution in [3.63, 3.8) is 0 Å². The molecule has 1 aliphatic carbocycles. The van der Waals surface area contributed by atoms with Crippen molar-refractivity contribution in [1.82, 2.24) is 10.3 Å². The van der Waals surface area contributed by atoms with Gasteiger partial charge in [0, 0.05) is 34.4 Å². The van der Waals surface area contributed by atoms with Crippen LogP contribution in [-0.2, 0) is 6.54 Å². The molecule has 2 aromatic rings. The minimum absolute atomic E-state index is 0.233. The first kappa shape index (κ1) is 16.1. The normalized spacial score (nSPS) is 13.7. The summed E-state index contributed by atoms with van der Waals surface area (Å²) in [6.45, 7) is 1.11. The molecular formula is C17H16Cl2N2O2. The van der Waals surface area contributed by atoms with E-state index in [9.17, 15) is 4.79 Å². The van der Waals surface area contributed by atoms with Crippen LogP contribution < -0.4 is 10.1 Å². The van der Waals surface area contributed by atoms with E-state index in [4.69, 9.17) is 27.9 Å². The molecular weight excluding hydrogens is 335 g/mol. The van der Waals surface area contributed by atoms with Gasteiger partial charge >= 0.3 is 0 Å². The lowest BCUT2D eigenvalue weighted by molar-refractivity contribution is 0.0951. The second-order valence-corrected chi connectivity index (χ2v) is 6.47. The molecule has 1 heterocycles. The summed E-state index contributed by atoms with van der Waals surface area (Å²) in [4.78, 5) is 16.3. The molecule has 6 heteroatoms. The van der Waals surface area contributed by atoms with Crippen molar-refractivity contribution < 1.29 is 9.53 Å². The SMILES string of the molecule is O=C(NCc1ccc(OCC2CC2)nc1)c1cc(Cl)cc(Cl)c1. The summed E-state index contributed by atoms with van der Waals surface area (Å²) in [5, 5.41) is 3.68. The number of carbonyl (C=O) groups excluding carboxylic acids is 1. The molecule has 120 valence electrons. The van der Waals surface area contributed by atoms with E-state index in [2.05, 4.69) is 10.3 Å². The predicted octanol–water partition coefficient (Wildman–Crippen LogP) is 4.11. The van der Waals surface area contributed by atoms with Crippen molar-refractivity contribution in [2.75, 3.05) is 6.61 Å². The number of benzene rings is 1.